The molecule has 0 amide bonds. The molecule has 0 saturated heterocycles. The SMILES string of the molecule is CCCNCCCCCCOc1cnn(CCC)c1. The second-order valence-corrected chi connectivity index (χ2v) is 4.95. The number of hydrogen-bond donors (Lipinski definition) is 1. The molecule has 0 aromatic carbocycles. The number of aryl methyl sites for hydroxylation is 1. The van der Waals surface area contributed by atoms with Gasteiger partial charge >= 0.3 is 0 Å². The zero-order chi connectivity index (χ0) is 13.8. The van der Waals surface area contributed by atoms with Crippen molar-refractivity contribution < 1.29 is 4.74 Å². The summed E-state index contributed by atoms with van der Waals surface area (Å²) in [5, 5.41) is 7.67. The van der Waals surface area contributed by atoms with Crippen LogP contribution in [0.15, 0.2) is 12.4 Å². The van der Waals surface area contributed by atoms with Crippen LogP contribution in [0, 0.1) is 0 Å². The summed E-state index contributed by atoms with van der Waals surface area (Å²) in [6.07, 6.45) is 11.1. The van der Waals surface area contributed by atoms with Gasteiger partial charge in [-0.15, -0.1) is 0 Å². The predicted octanol–water partition coefficient (Wildman–Crippen LogP) is 3.23. The van der Waals surface area contributed by atoms with Crippen molar-refractivity contribution in [3.05, 3.63) is 12.4 Å². The normalized spacial score (nSPS) is 10.8. The number of rotatable bonds is 12. The minimum absolute atomic E-state index is 0.806. The van der Waals surface area contributed by atoms with Crippen LogP contribution in [-0.4, -0.2) is 29.5 Å². The van der Waals surface area contributed by atoms with E-state index in [1.807, 2.05) is 17.1 Å². The average molecular weight is 267 g/mol. The fourth-order valence-corrected chi connectivity index (χ4v) is 1.97. The molecule has 0 radical (unpaired) electrons. The second kappa shape index (κ2) is 10.9. The van der Waals surface area contributed by atoms with Gasteiger partial charge in [0.2, 0.25) is 0 Å². The topological polar surface area (TPSA) is 39.1 Å². The molecular weight excluding hydrogens is 238 g/mol. The first-order chi connectivity index (χ1) is 9.36. The molecular formula is C15H29N3O. The van der Waals surface area contributed by atoms with Gasteiger partial charge in [0.05, 0.1) is 19.0 Å². The van der Waals surface area contributed by atoms with Crippen LogP contribution in [0.25, 0.3) is 0 Å². The van der Waals surface area contributed by atoms with Crippen LogP contribution in [0.4, 0.5) is 0 Å². The summed E-state index contributed by atoms with van der Waals surface area (Å²) in [6, 6.07) is 0. The molecule has 0 spiro atoms. The van der Waals surface area contributed by atoms with Crippen molar-refractivity contribution in [2.75, 3.05) is 19.7 Å². The Morgan fingerprint density at radius 1 is 1.11 bits per heavy atom. The van der Waals surface area contributed by atoms with Crippen molar-refractivity contribution >= 4 is 0 Å². The summed E-state index contributed by atoms with van der Waals surface area (Å²) in [5.74, 6) is 0.901. The van der Waals surface area contributed by atoms with Crippen LogP contribution in [0.5, 0.6) is 5.75 Å². The molecule has 1 N–H and O–H groups in total. The molecule has 0 atom stereocenters. The Morgan fingerprint density at radius 2 is 1.95 bits per heavy atom. The van der Waals surface area contributed by atoms with Crippen LogP contribution in [0.1, 0.15) is 52.4 Å². The van der Waals surface area contributed by atoms with Gasteiger partial charge < -0.3 is 10.1 Å². The van der Waals surface area contributed by atoms with Crippen molar-refractivity contribution in [1.82, 2.24) is 15.1 Å². The molecule has 1 aromatic rings. The Balaban J connectivity index is 1.92. The molecule has 1 aromatic heterocycles. The Labute approximate surface area is 117 Å². The quantitative estimate of drug-likeness (QED) is 0.591. The molecule has 0 fully saturated rings. The second-order valence-electron chi connectivity index (χ2n) is 4.95. The third-order valence-corrected chi connectivity index (χ3v) is 3.01. The lowest BCUT2D eigenvalue weighted by Crippen LogP contribution is -2.15. The van der Waals surface area contributed by atoms with E-state index in [1.54, 1.807) is 0 Å². The third-order valence-electron chi connectivity index (χ3n) is 3.01. The molecule has 0 aliphatic heterocycles. The van der Waals surface area contributed by atoms with E-state index in [-0.39, 0.29) is 0 Å². The summed E-state index contributed by atoms with van der Waals surface area (Å²) in [7, 11) is 0. The Bertz CT molecular complexity index is 312. The van der Waals surface area contributed by atoms with Crippen molar-refractivity contribution in [3.63, 3.8) is 0 Å². The summed E-state index contributed by atoms with van der Waals surface area (Å²) in [4.78, 5) is 0. The van der Waals surface area contributed by atoms with Gasteiger partial charge in [0.15, 0.2) is 5.75 Å². The van der Waals surface area contributed by atoms with Crippen LogP contribution in [0.2, 0.25) is 0 Å². The molecule has 0 aliphatic carbocycles. The molecule has 110 valence electrons. The van der Waals surface area contributed by atoms with Crippen LogP contribution in [-0.2, 0) is 6.54 Å². The third kappa shape index (κ3) is 7.88. The zero-order valence-electron chi connectivity index (χ0n) is 12.5. The first-order valence-corrected chi connectivity index (χ1v) is 7.72. The standard InChI is InChI=1S/C15H29N3O/c1-3-9-16-10-7-5-6-8-12-19-15-13-17-18(14-15)11-4-2/h13-14,16H,3-12H2,1-2H3. The Kier molecular flexibility index (Phi) is 9.15. The van der Waals surface area contributed by atoms with E-state index in [0.29, 0.717) is 0 Å². The average Bonchev–Trinajstić information content (AvgIpc) is 2.85. The molecule has 4 nitrogen and oxygen atoms in total. The molecule has 0 unspecified atom stereocenters. The van der Waals surface area contributed by atoms with E-state index in [1.165, 1.54) is 25.7 Å². The van der Waals surface area contributed by atoms with E-state index >= 15 is 0 Å². The Morgan fingerprint density at radius 3 is 2.74 bits per heavy atom. The number of nitrogens with one attached hydrogen (secondary N) is 1. The smallest absolute Gasteiger partial charge is 0.157 e. The van der Waals surface area contributed by atoms with Crippen LogP contribution >= 0.6 is 0 Å². The molecule has 0 saturated carbocycles. The van der Waals surface area contributed by atoms with E-state index in [2.05, 4.69) is 24.3 Å². The highest BCUT2D eigenvalue weighted by Gasteiger charge is 1.98. The fraction of sp³-hybridized carbons (Fsp3) is 0.800. The van der Waals surface area contributed by atoms with Crippen molar-refractivity contribution in [3.8, 4) is 5.75 Å². The number of nitrogens with zero attached hydrogens (tertiary/aromatic N) is 2. The lowest BCUT2D eigenvalue weighted by molar-refractivity contribution is 0.304. The molecule has 0 bridgehead atoms. The number of unbranched alkanes of at least 4 members (excludes halogenated alkanes) is 3. The molecule has 19 heavy (non-hydrogen) atoms. The van der Waals surface area contributed by atoms with E-state index < -0.39 is 0 Å². The van der Waals surface area contributed by atoms with E-state index in [0.717, 1.165) is 44.8 Å². The summed E-state index contributed by atoms with van der Waals surface area (Å²) >= 11 is 0. The monoisotopic (exact) mass is 267 g/mol. The van der Waals surface area contributed by atoms with E-state index in [9.17, 15) is 0 Å². The zero-order valence-corrected chi connectivity index (χ0v) is 12.5. The largest absolute Gasteiger partial charge is 0.490 e. The van der Waals surface area contributed by atoms with Crippen molar-refractivity contribution in [1.29, 1.82) is 0 Å². The lowest BCUT2D eigenvalue weighted by atomic mass is 10.2. The van der Waals surface area contributed by atoms with Gasteiger partial charge in [-0.2, -0.15) is 5.10 Å². The van der Waals surface area contributed by atoms with Gasteiger partial charge in [0.25, 0.3) is 0 Å². The molecule has 1 heterocycles. The van der Waals surface area contributed by atoms with Crippen LogP contribution in [0.3, 0.4) is 0 Å². The summed E-state index contributed by atoms with van der Waals surface area (Å²) in [5.41, 5.74) is 0. The minimum Gasteiger partial charge on any atom is -0.490 e. The number of ether oxygens (including phenoxy) is 1. The minimum atomic E-state index is 0.806. The molecule has 1 rings (SSSR count). The number of hydrogen-bond acceptors (Lipinski definition) is 3. The molecule has 0 aliphatic rings. The first kappa shape index (κ1) is 16.0. The van der Waals surface area contributed by atoms with Gasteiger partial charge in [0, 0.05) is 6.54 Å². The van der Waals surface area contributed by atoms with E-state index in [4.69, 9.17) is 4.74 Å². The maximum Gasteiger partial charge on any atom is 0.157 e. The summed E-state index contributed by atoms with van der Waals surface area (Å²) in [6.45, 7) is 8.42. The first-order valence-electron chi connectivity index (χ1n) is 7.72. The van der Waals surface area contributed by atoms with Gasteiger partial charge in [-0.3, -0.25) is 4.68 Å². The summed E-state index contributed by atoms with van der Waals surface area (Å²) < 4.78 is 7.62. The van der Waals surface area contributed by atoms with Crippen molar-refractivity contribution in [2.45, 2.75) is 58.9 Å². The van der Waals surface area contributed by atoms with Gasteiger partial charge in [-0.1, -0.05) is 26.7 Å². The predicted molar refractivity (Wildman–Crippen MR) is 79.6 cm³/mol. The highest BCUT2D eigenvalue weighted by atomic mass is 16.5. The number of aromatic nitrogens is 2. The fourth-order valence-electron chi connectivity index (χ4n) is 1.97. The Hall–Kier alpha value is -1.03. The van der Waals surface area contributed by atoms with Crippen LogP contribution < -0.4 is 10.1 Å². The van der Waals surface area contributed by atoms with Crippen molar-refractivity contribution in [2.24, 2.45) is 0 Å². The maximum atomic E-state index is 5.68. The van der Waals surface area contributed by atoms with Gasteiger partial charge in [-0.25, -0.2) is 0 Å². The lowest BCUT2D eigenvalue weighted by Gasteiger charge is -2.04. The maximum absolute atomic E-state index is 5.68. The highest BCUT2D eigenvalue weighted by Crippen LogP contribution is 2.09. The van der Waals surface area contributed by atoms with Gasteiger partial charge in [0.1, 0.15) is 0 Å². The molecule has 4 heteroatoms. The highest BCUT2D eigenvalue weighted by molar-refractivity contribution is 5.11. The van der Waals surface area contributed by atoms with Gasteiger partial charge in [-0.05, 0) is 38.8 Å².